The van der Waals surface area contributed by atoms with Crippen molar-refractivity contribution in [1.82, 2.24) is 0 Å². The van der Waals surface area contributed by atoms with E-state index in [4.69, 9.17) is 10.5 Å². The van der Waals surface area contributed by atoms with E-state index in [2.05, 4.69) is 0 Å². The first-order valence-corrected chi connectivity index (χ1v) is 0.954. The number of hydrogen-bond acceptors (Lipinski definition) is 1. The van der Waals surface area contributed by atoms with Gasteiger partial charge in [0.05, 0.1) is 0 Å². The average molecular weight is 199 g/mol. The first-order chi connectivity index (χ1) is 1.73. The predicted octanol–water partition coefficient (Wildman–Crippen LogP) is 0.585. The zero-order chi connectivity index (χ0) is 3.58. The number of amides is 1. The summed E-state index contributed by atoms with van der Waals surface area (Å²) >= 11 is 0. The fourth-order valence-electron chi connectivity index (χ4n) is 0. The maximum Gasteiger partial charge on any atom is 0.0456 e. The summed E-state index contributed by atoms with van der Waals surface area (Å²) in [6.07, 6.45) is 0. The Morgan fingerprint density at radius 2 is 1.80 bits per heavy atom. The largest absolute Gasteiger partial charge is 0.668 e. The molecule has 1 amide bonds. The summed E-state index contributed by atoms with van der Waals surface area (Å²) in [5.74, 6) is -0.583. The molecule has 0 bridgehead atoms. The molecule has 5 heavy (non-hydrogen) atoms. The van der Waals surface area contributed by atoms with E-state index in [9.17, 15) is 0 Å². The molecule has 0 fully saturated rings. The van der Waals surface area contributed by atoms with Crippen molar-refractivity contribution in [2.75, 3.05) is 0 Å². The van der Waals surface area contributed by atoms with Crippen LogP contribution in [0.1, 0.15) is 6.92 Å². The van der Waals surface area contributed by atoms with Crippen LogP contribution in [0.5, 0.6) is 0 Å². The number of carbonyl (C=O) groups excluding carboxylic acids is 1. The molecular weight excluding hydrogens is 195 g/mol. The summed E-state index contributed by atoms with van der Waals surface area (Å²) in [5.41, 5.74) is 5.94. The van der Waals surface area contributed by atoms with Crippen molar-refractivity contribution < 1.29 is 46.1 Å². The normalized spacial score (nSPS) is 5.00. The van der Waals surface area contributed by atoms with Gasteiger partial charge < -0.3 is 10.5 Å². The Morgan fingerprint density at radius 3 is 1.80 bits per heavy atom. The van der Waals surface area contributed by atoms with Crippen LogP contribution in [0.3, 0.4) is 0 Å². The molecule has 0 rings (SSSR count). The van der Waals surface area contributed by atoms with E-state index in [1.54, 1.807) is 0 Å². The van der Waals surface area contributed by atoms with Crippen molar-refractivity contribution in [2.24, 2.45) is 0 Å². The molecule has 0 saturated carbocycles. The smallest absolute Gasteiger partial charge is 0.0456 e. The second-order valence-corrected chi connectivity index (χ2v) is 0.556. The van der Waals surface area contributed by atoms with Crippen molar-refractivity contribution in [2.45, 2.75) is 6.92 Å². The summed E-state index contributed by atoms with van der Waals surface area (Å²) in [7, 11) is 0. The van der Waals surface area contributed by atoms with E-state index in [0.29, 0.717) is 0 Å². The van der Waals surface area contributed by atoms with Gasteiger partial charge in [-0.15, -0.1) is 0 Å². The van der Waals surface area contributed by atoms with Gasteiger partial charge in [0, 0.05) is 47.2 Å². The van der Waals surface area contributed by atoms with Gasteiger partial charge in [-0.2, -0.15) is 0 Å². The molecule has 0 atom stereocenters. The molecule has 0 saturated heterocycles. The Labute approximate surface area is 64.1 Å². The van der Waals surface area contributed by atoms with Crippen molar-refractivity contribution >= 4 is 5.91 Å². The number of carbonyl (C=O) groups is 1. The van der Waals surface area contributed by atoms with Crippen LogP contribution in [-0.4, -0.2) is 5.91 Å². The molecule has 0 aliphatic carbocycles. The molecule has 1 N–H and O–H groups in total. The van der Waals surface area contributed by atoms with Crippen LogP contribution in [0, 0.1) is 41.3 Å². The zero-order valence-corrected chi connectivity index (χ0v) is 6.69. The second kappa shape index (κ2) is 4.83. The third kappa shape index (κ3) is 55.8. The first kappa shape index (κ1) is 9.27. The van der Waals surface area contributed by atoms with E-state index < -0.39 is 5.91 Å². The maximum absolute atomic E-state index is 9.11. The van der Waals surface area contributed by atoms with Gasteiger partial charge in [-0.3, -0.25) is 0 Å². The Hall–Kier alpha value is 0.834. The molecule has 0 aliphatic rings. The fourth-order valence-corrected chi connectivity index (χ4v) is 0. The summed E-state index contributed by atoms with van der Waals surface area (Å²) in [6, 6.07) is 0. The minimum atomic E-state index is -0.583. The molecule has 0 heterocycles. The van der Waals surface area contributed by atoms with Gasteiger partial charge in [-0.05, 0) is 6.92 Å². The van der Waals surface area contributed by atoms with Crippen LogP contribution in [0.15, 0.2) is 0 Å². The Balaban J connectivity index is 0. The summed E-state index contributed by atoms with van der Waals surface area (Å²) in [4.78, 5) is 9.11. The quantitative estimate of drug-likeness (QED) is 0.562. The van der Waals surface area contributed by atoms with Gasteiger partial charge >= 0.3 is 0 Å². The maximum atomic E-state index is 9.11. The minimum absolute atomic E-state index is 0. The molecule has 27 valence electrons. The fraction of sp³-hybridized carbons (Fsp3) is 0.500. The van der Waals surface area contributed by atoms with Gasteiger partial charge in [-0.25, -0.2) is 0 Å². The van der Waals surface area contributed by atoms with Crippen LogP contribution < -0.4 is 0 Å². The molecule has 3 heteroatoms. The van der Waals surface area contributed by atoms with Crippen LogP contribution >= 0.6 is 0 Å². The molecule has 1 radical (unpaired) electrons. The van der Waals surface area contributed by atoms with Crippen LogP contribution in [-0.2, 0) is 4.79 Å². The number of nitrogens with one attached hydrogen (secondary N) is 1. The van der Waals surface area contributed by atoms with Crippen molar-refractivity contribution in [3.63, 3.8) is 0 Å². The third-order valence-corrected chi connectivity index (χ3v) is 0. The van der Waals surface area contributed by atoms with Crippen molar-refractivity contribution in [1.29, 1.82) is 0 Å². The van der Waals surface area contributed by atoms with Crippen molar-refractivity contribution in [3.05, 3.63) is 5.73 Å². The SMILES string of the molecule is CC([NH-])=O.[Pr]. The average Bonchev–Trinajstić information content (AvgIpc) is 0.811. The minimum Gasteiger partial charge on any atom is -0.668 e. The Morgan fingerprint density at radius 1 is 1.80 bits per heavy atom. The van der Waals surface area contributed by atoms with Gasteiger partial charge in [0.1, 0.15) is 0 Å². The standard InChI is InChI=1S/C2H5NO.Pr/c1-2(3)4;/h1H3,(H2,3,4);/p-1. The van der Waals surface area contributed by atoms with E-state index in [0.717, 1.165) is 0 Å². The molecule has 0 aliphatic heterocycles. The molecule has 0 spiro atoms. The van der Waals surface area contributed by atoms with E-state index in [1.807, 2.05) is 0 Å². The zero-order valence-electron chi connectivity index (χ0n) is 2.99. The monoisotopic (exact) mass is 199 g/mol. The summed E-state index contributed by atoms with van der Waals surface area (Å²) in [6.45, 7) is 1.19. The van der Waals surface area contributed by atoms with Crippen LogP contribution in [0.4, 0.5) is 0 Å². The summed E-state index contributed by atoms with van der Waals surface area (Å²) < 4.78 is 0. The van der Waals surface area contributed by atoms with Gasteiger partial charge in [0.15, 0.2) is 0 Å². The molecule has 0 unspecified atom stereocenters. The molecular formula is C2H4NOPr-. The molecule has 0 aromatic rings. The van der Waals surface area contributed by atoms with Crippen LogP contribution in [0.2, 0.25) is 0 Å². The number of hydrogen-bond donors (Lipinski definition) is 0. The number of rotatable bonds is 0. The topological polar surface area (TPSA) is 40.9 Å². The first-order valence-electron chi connectivity index (χ1n) is 0.954. The van der Waals surface area contributed by atoms with E-state index in [1.165, 1.54) is 6.92 Å². The predicted molar refractivity (Wildman–Crippen MR) is 15.0 cm³/mol. The van der Waals surface area contributed by atoms with Crippen LogP contribution in [0.25, 0.3) is 5.73 Å². The van der Waals surface area contributed by atoms with Crippen molar-refractivity contribution in [3.8, 4) is 0 Å². The molecule has 0 aromatic carbocycles. The summed E-state index contributed by atoms with van der Waals surface area (Å²) in [5, 5.41) is 0. The third-order valence-electron chi connectivity index (χ3n) is 0. The Bertz CT molecular complexity index is 32.6. The van der Waals surface area contributed by atoms with E-state index in [-0.39, 0.29) is 41.3 Å². The molecule has 0 aromatic heterocycles. The van der Waals surface area contributed by atoms with Gasteiger partial charge in [0.25, 0.3) is 0 Å². The van der Waals surface area contributed by atoms with Gasteiger partial charge in [-0.1, -0.05) is 0 Å². The van der Waals surface area contributed by atoms with E-state index >= 15 is 0 Å². The second-order valence-electron chi connectivity index (χ2n) is 0.556. The molecule has 2 nitrogen and oxygen atoms in total. The Kier molecular flexibility index (Phi) is 8.97. The van der Waals surface area contributed by atoms with Gasteiger partial charge in [0.2, 0.25) is 0 Å².